The zero-order chi connectivity index (χ0) is 24.2. The zero-order valence-corrected chi connectivity index (χ0v) is 18.5. The molecule has 1 aromatic heterocycles. The number of benzene rings is 2. The molecule has 0 unspecified atom stereocenters. The number of esters is 1. The van der Waals surface area contributed by atoms with Gasteiger partial charge in [-0.1, -0.05) is 18.2 Å². The number of carbonyl (C=O) groups excluding carboxylic acids is 1. The van der Waals surface area contributed by atoms with Crippen LogP contribution in [-0.2, 0) is 19.3 Å². The van der Waals surface area contributed by atoms with E-state index in [1.54, 1.807) is 0 Å². The lowest BCUT2D eigenvalue weighted by molar-refractivity contribution is -0.384. The molecule has 0 aliphatic carbocycles. The first-order valence-corrected chi connectivity index (χ1v) is 11.3. The molecule has 0 saturated carbocycles. The fourth-order valence-electron chi connectivity index (χ4n) is 2.91. The summed E-state index contributed by atoms with van der Waals surface area (Å²) in [6, 6.07) is 11.1. The summed E-state index contributed by atoms with van der Waals surface area (Å²) in [6.45, 7) is 2.37. The van der Waals surface area contributed by atoms with Gasteiger partial charge in [0.25, 0.3) is 5.69 Å². The van der Waals surface area contributed by atoms with E-state index in [1.807, 2.05) is 0 Å². The van der Waals surface area contributed by atoms with Crippen LogP contribution in [0.4, 0.5) is 14.5 Å². The lowest BCUT2D eigenvalue weighted by atomic mass is 10.1. The van der Waals surface area contributed by atoms with Gasteiger partial charge in [-0.3, -0.25) is 14.7 Å². The maximum absolute atomic E-state index is 15.1. The molecule has 0 atom stereocenters. The number of hydrogen-bond donors (Lipinski definition) is 0. The van der Waals surface area contributed by atoms with Gasteiger partial charge in [-0.05, 0) is 38.1 Å². The van der Waals surface area contributed by atoms with Gasteiger partial charge in [0.2, 0.25) is 0 Å². The van der Waals surface area contributed by atoms with E-state index in [-0.39, 0.29) is 35.9 Å². The highest BCUT2D eigenvalue weighted by Crippen LogP contribution is 2.66. The Labute approximate surface area is 187 Å². The first kappa shape index (κ1) is 24.4. The van der Waals surface area contributed by atoms with Crippen LogP contribution in [0.3, 0.4) is 0 Å². The number of nitrogens with zero attached hydrogens (tertiary/aromatic N) is 2. The van der Waals surface area contributed by atoms with Gasteiger partial charge in [0, 0.05) is 23.1 Å². The number of hydrogen-bond acceptors (Lipinski definition) is 8. The van der Waals surface area contributed by atoms with Gasteiger partial charge in [0.05, 0.1) is 23.7 Å². The van der Waals surface area contributed by atoms with Gasteiger partial charge in [0.1, 0.15) is 11.4 Å². The van der Waals surface area contributed by atoms with Crippen LogP contribution in [0.15, 0.2) is 54.6 Å². The molecule has 0 radical (unpaired) electrons. The summed E-state index contributed by atoms with van der Waals surface area (Å²) in [5.74, 6) is -0.848. The highest BCUT2D eigenvalue weighted by Gasteiger charge is 2.54. The van der Waals surface area contributed by atoms with Gasteiger partial charge in [0.15, 0.2) is 0 Å². The van der Waals surface area contributed by atoms with Crippen molar-refractivity contribution in [2.45, 2.75) is 19.5 Å². The van der Waals surface area contributed by atoms with Crippen molar-refractivity contribution < 1.29 is 36.8 Å². The third-order valence-corrected chi connectivity index (χ3v) is 6.59. The minimum absolute atomic E-state index is 0.0323. The third kappa shape index (κ3) is 5.05. The number of alkyl halides is 2. The summed E-state index contributed by atoms with van der Waals surface area (Å²) >= 11 is 0. The number of carbonyl (C=O) groups is 1. The second kappa shape index (κ2) is 9.70. The minimum Gasteiger partial charge on any atom is -0.422 e. The lowest BCUT2D eigenvalue weighted by Gasteiger charge is -2.26. The molecule has 0 aliphatic rings. The number of nitro benzene ring substituents is 1. The Hall–Kier alpha value is -3.27. The first-order valence-electron chi connectivity index (χ1n) is 9.76. The van der Waals surface area contributed by atoms with E-state index in [0.717, 1.165) is 12.1 Å². The van der Waals surface area contributed by atoms with E-state index in [0.29, 0.717) is 5.39 Å². The van der Waals surface area contributed by atoms with Crippen LogP contribution in [0.2, 0.25) is 0 Å². The van der Waals surface area contributed by atoms with E-state index < -0.39 is 29.7 Å². The SMILES string of the molecule is CCOP(=O)(OCC)C(F)(F)c1ccc2ccc(C(=O)Oc3ccc([N+](=O)[O-])cc3)nc2c1. The number of aromatic nitrogens is 1. The van der Waals surface area contributed by atoms with Crippen molar-refractivity contribution in [3.8, 4) is 5.75 Å². The molecule has 33 heavy (non-hydrogen) atoms. The van der Waals surface area contributed by atoms with Crippen molar-refractivity contribution in [2.75, 3.05) is 13.2 Å². The summed E-state index contributed by atoms with van der Waals surface area (Å²) in [5, 5.41) is 11.2. The fourth-order valence-corrected chi connectivity index (χ4v) is 4.44. The molecule has 2 aromatic carbocycles. The van der Waals surface area contributed by atoms with E-state index in [9.17, 15) is 19.5 Å². The molecule has 0 N–H and O–H groups in total. The van der Waals surface area contributed by atoms with Gasteiger partial charge in [-0.2, -0.15) is 8.78 Å². The average molecular weight is 480 g/mol. The van der Waals surface area contributed by atoms with Crippen LogP contribution in [0, 0.1) is 10.1 Å². The van der Waals surface area contributed by atoms with Crippen molar-refractivity contribution in [3.05, 3.63) is 76.0 Å². The Morgan fingerprint density at radius 1 is 1.06 bits per heavy atom. The fraction of sp³-hybridized carbons (Fsp3) is 0.238. The number of rotatable bonds is 9. The quantitative estimate of drug-likeness (QED) is 0.126. The molecule has 0 bridgehead atoms. The molecule has 1 heterocycles. The minimum atomic E-state index is -4.81. The Morgan fingerprint density at radius 2 is 1.67 bits per heavy atom. The monoisotopic (exact) mass is 480 g/mol. The number of halogens is 2. The number of non-ortho nitro benzene ring substituents is 1. The number of ether oxygens (including phenoxy) is 1. The Balaban J connectivity index is 1.91. The van der Waals surface area contributed by atoms with Crippen LogP contribution < -0.4 is 4.74 Å². The maximum Gasteiger partial charge on any atom is 0.404 e. The lowest BCUT2D eigenvalue weighted by Crippen LogP contribution is -2.18. The van der Waals surface area contributed by atoms with Gasteiger partial charge in [-0.15, -0.1) is 0 Å². The van der Waals surface area contributed by atoms with Crippen LogP contribution >= 0.6 is 7.60 Å². The molecular formula is C21H19F2N2O7P. The predicted molar refractivity (Wildman–Crippen MR) is 115 cm³/mol. The van der Waals surface area contributed by atoms with Crippen molar-refractivity contribution >= 4 is 30.2 Å². The maximum atomic E-state index is 15.1. The van der Waals surface area contributed by atoms with E-state index in [4.69, 9.17) is 13.8 Å². The highest BCUT2D eigenvalue weighted by molar-refractivity contribution is 7.54. The van der Waals surface area contributed by atoms with E-state index >= 15 is 8.78 Å². The van der Waals surface area contributed by atoms with Crippen molar-refractivity contribution in [2.24, 2.45) is 0 Å². The molecule has 3 aromatic rings. The Bertz CT molecular complexity index is 1230. The predicted octanol–water partition coefficient (Wildman–Crippen LogP) is 5.68. The van der Waals surface area contributed by atoms with E-state index in [2.05, 4.69) is 4.98 Å². The van der Waals surface area contributed by atoms with Crippen molar-refractivity contribution in [3.63, 3.8) is 0 Å². The number of nitro groups is 1. The zero-order valence-electron chi connectivity index (χ0n) is 17.6. The summed E-state index contributed by atoms with van der Waals surface area (Å²) < 4.78 is 57.6. The molecule has 0 aliphatic heterocycles. The molecule has 0 spiro atoms. The second-order valence-corrected chi connectivity index (χ2v) is 8.69. The third-order valence-electron chi connectivity index (χ3n) is 4.45. The number of pyridine rings is 1. The van der Waals surface area contributed by atoms with Crippen molar-refractivity contribution in [1.29, 1.82) is 0 Å². The summed E-state index contributed by atoms with van der Waals surface area (Å²) in [5.41, 5.74) is -4.93. The van der Waals surface area contributed by atoms with Gasteiger partial charge in [-0.25, -0.2) is 9.78 Å². The molecular weight excluding hydrogens is 461 g/mol. The van der Waals surface area contributed by atoms with Crippen LogP contribution in [0.5, 0.6) is 5.75 Å². The first-order chi connectivity index (χ1) is 15.6. The molecule has 0 fully saturated rings. The smallest absolute Gasteiger partial charge is 0.404 e. The standard InChI is InChI=1S/C21H19F2N2O7P/c1-3-30-33(29,31-4-2)21(22,23)15-7-5-14-6-12-18(24-19(14)13-15)20(26)32-17-10-8-16(9-11-17)25(27)28/h5-13H,3-4H2,1-2H3. The second-order valence-electron chi connectivity index (χ2n) is 6.62. The molecule has 12 heteroatoms. The van der Waals surface area contributed by atoms with Crippen LogP contribution in [-0.4, -0.2) is 29.1 Å². The molecule has 174 valence electrons. The summed E-state index contributed by atoms with van der Waals surface area (Å²) in [4.78, 5) is 26.6. The molecule has 0 saturated heterocycles. The molecule has 3 rings (SSSR count). The summed E-state index contributed by atoms with van der Waals surface area (Å²) in [7, 11) is -4.81. The molecule has 0 amide bonds. The Morgan fingerprint density at radius 3 is 2.24 bits per heavy atom. The Kier molecular flexibility index (Phi) is 7.16. The average Bonchev–Trinajstić information content (AvgIpc) is 2.78. The largest absolute Gasteiger partial charge is 0.422 e. The van der Waals surface area contributed by atoms with E-state index in [1.165, 1.54) is 56.3 Å². The normalized spacial score (nSPS) is 12.0. The number of fused-ring (bicyclic) bond motifs is 1. The summed E-state index contributed by atoms with van der Waals surface area (Å²) in [6.07, 6.45) is 0. The van der Waals surface area contributed by atoms with Crippen LogP contribution in [0.25, 0.3) is 10.9 Å². The van der Waals surface area contributed by atoms with Gasteiger partial charge >= 0.3 is 19.2 Å². The van der Waals surface area contributed by atoms with Gasteiger partial charge < -0.3 is 13.8 Å². The van der Waals surface area contributed by atoms with Crippen molar-refractivity contribution in [1.82, 2.24) is 4.98 Å². The topological polar surface area (TPSA) is 118 Å². The highest BCUT2D eigenvalue weighted by atomic mass is 31.2. The molecule has 9 nitrogen and oxygen atoms in total. The van der Waals surface area contributed by atoms with Crippen LogP contribution in [0.1, 0.15) is 29.9 Å².